The number of anilines is 1. The summed E-state index contributed by atoms with van der Waals surface area (Å²) in [5, 5.41) is 4.77. The van der Waals surface area contributed by atoms with Crippen LogP contribution in [0, 0.1) is 11.7 Å². The molecule has 0 bridgehead atoms. The van der Waals surface area contributed by atoms with Gasteiger partial charge in [0.1, 0.15) is 18.2 Å². The average Bonchev–Trinajstić information content (AvgIpc) is 2.83. The second-order valence-electron chi connectivity index (χ2n) is 8.15. The molecule has 3 aromatic carbocycles. The third kappa shape index (κ3) is 5.91. The summed E-state index contributed by atoms with van der Waals surface area (Å²) in [4.78, 5) is 25.1. The summed E-state index contributed by atoms with van der Waals surface area (Å²) in [6.45, 7) is -0.0286. The van der Waals surface area contributed by atoms with Crippen LogP contribution in [0.3, 0.4) is 0 Å². The maximum atomic E-state index is 13.7. The van der Waals surface area contributed by atoms with Crippen molar-refractivity contribution in [3.8, 4) is 5.75 Å². The first-order valence-corrected chi connectivity index (χ1v) is 11.4. The van der Waals surface area contributed by atoms with Crippen molar-refractivity contribution in [3.63, 3.8) is 0 Å². The second kappa shape index (κ2) is 10.4. The molecular weight excluding hydrogens is 523 g/mol. The summed E-state index contributed by atoms with van der Waals surface area (Å²) < 4.78 is 58.5. The van der Waals surface area contributed by atoms with Gasteiger partial charge in [0.2, 0.25) is 5.91 Å². The molecule has 2 N–H and O–H groups in total. The Morgan fingerprint density at radius 2 is 1.75 bits per heavy atom. The Labute approximate surface area is 213 Å². The van der Waals surface area contributed by atoms with Gasteiger partial charge < -0.3 is 15.4 Å². The van der Waals surface area contributed by atoms with Gasteiger partial charge in [0.15, 0.2) is 0 Å². The molecule has 0 aromatic heterocycles. The number of rotatable bonds is 5. The summed E-state index contributed by atoms with van der Waals surface area (Å²) in [6.07, 6.45) is -4.32. The van der Waals surface area contributed by atoms with Gasteiger partial charge in [-0.2, -0.15) is 13.2 Å². The van der Waals surface area contributed by atoms with Crippen LogP contribution >= 0.6 is 23.2 Å². The van der Waals surface area contributed by atoms with Crippen molar-refractivity contribution >= 4 is 40.7 Å². The van der Waals surface area contributed by atoms with Crippen molar-refractivity contribution in [1.29, 1.82) is 0 Å². The Bertz CT molecular complexity index is 1330. The molecule has 1 aliphatic rings. The smallest absolute Gasteiger partial charge is 0.417 e. The highest BCUT2D eigenvalue weighted by Gasteiger charge is 2.33. The molecule has 0 saturated heterocycles. The summed E-state index contributed by atoms with van der Waals surface area (Å²) in [5.74, 6) is -1.71. The van der Waals surface area contributed by atoms with Crippen molar-refractivity contribution < 1.29 is 31.9 Å². The number of carbonyl (C=O) groups excluding carboxylic acids is 2. The number of hydrogen-bond acceptors (Lipinski definition) is 3. The lowest BCUT2D eigenvalue weighted by Gasteiger charge is -2.25. The summed E-state index contributed by atoms with van der Waals surface area (Å²) >= 11 is 11.3. The lowest BCUT2D eigenvalue weighted by molar-refractivity contribution is -0.137. The predicted molar refractivity (Wildman–Crippen MR) is 127 cm³/mol. The van der Waals surface area contributed by atoms with Gasteiger partial charge in [-0.1, -0.05) is 29.3 Å². The number of nitrogens with one attached hydrogen (secondary N) is 2. The number of halogens is 6. The Kier molecular flexibility index (Phi) is 7.42. The van der Waals surface area contributed by atoms with Gasteiger partial charge in [0.05, 0.1) is 21.5 Å². The molecule has 0 fully saturated rings. The van der Waals surface area contributed by atoms with Gasteiger partial charge in [-0.15, -0.1) is 0 Å². The molecule has 1 aliphatic heterocycles. The maximum Gasteiger partial charge on any atom is 0.417 e. The molecule has 188 valence electrons. The van der Waals surface area contributed by atoms with Crippen LogP contribution in [0.15, 0.2) is 54.6 Å². The van der Waals surface area contributed by atoms with Gasteiger partial charge in [-0.25, -0.2) is 4.39 Å². The molecule has 0 saturated carbocycles. The lowest BCUT2D eigenvalue weighted by Crippen LogP contribution is -2.37. The van der Waals surface area contributed by atoms with E-state index in [1.54, 1.807) is 18.2 Å². The molecule has 1 unspecified atom stereocenters. The third-order valence-corrected chi connectivity index (χ3v) is 6.22. The van der Waals surface area contributed by atoms with E-state index in [4.69, 9.17) is 27.9 Å². The first-order valence-electron chi connectivity index (χ1n) is 10.7. The largest absolute Gasteiger partial charge is 0.492 e. The maximum absolute atomic E-state index is 13.7. The zero-order valence-corrected chi connectivity index (χ0v) is 19.9. The molecule has 5 nitrogen and oxygen atoms in total. The quantitative estimate of drug-likeness (QED) is 0.375. The monoisotopic (exact) mass is 540 g/mol. The number of alkyl halides is 3. The van der Waals surface area contributed by atoms with Crippen LogP contribution in [0.2, 0.25) is 10.0 Å². The molecule has 36 heavy (non-hydrogen) atoms. The Morgan fingerprint density at radius 3 is 2.47 bits per heavy atom. The predicted octanol–water partition coefficient (Wildman–Crippen LogP) is 6.27. The minimum atomic E-state index is -4.60. The van der Waals surface area contributed by atoms with Crippen molar-refractivity contribution in [3.05, 3.63) is 92.7 Å². The van der Waals surface area contributed by atoms with Gasteiger partial charge in [-0.05, 0) is 66.1 Å². The van der Waals surface area contributed by atoms with Gasteiger partial charge in [0, 0.05) is 17.8 Å². The first kappa shape index (κ1) is 25.8. The van der Waals surface area contributed by atoms with Crippen molar-refractivity contribution in [2.24, 2.45) is 5.92 Å². The highest BCUT2D eigenvalue weighted by molar-refractivity contribution is 6.31. The standard InChI is InChI=1S/C25H18Cl2F4N2O3/c26-19-4-1-13(7-18(19)25(29,30)31)11-32-23(34)16-8-15-9-17(3-6-22(15)36-12-16)33-24(35)14-2-5-20(27)21(28)10-14/h1-7,9-10,16H,8,11-12H2,(H,32,34)(H,33,35). The number of carbonyl (C=O) groups is 2. The summed E-state index contributed by atoms with van der Waals surface area (Å²) in [7, 11) is 0. The first-order chi connectivity index (χ1) is 17.0. The number of ether oxygens (including phenoxy) is 1. The molecule has 1 atom stereocenters. The number of fused-ring (bicyclic) bond motifs is 1. The highest BCUT2D eigenvalue weighted by Crippen LogP contribution is 2.35. The average molecular weight is 541 g/mol. The molecule has 11 heteroatoms. The van der Waals surface area contributed by atoms with E-state index in [1.807, 2.05) is 0 Å². The Balaban J connectivity index is 1.40. The highest BCUT2D eigenvalue weighted by atomic mass is 35.5. The summed E-state index contributed by atoms with van der Waals surface area (Å²) in [6, 6.07) is 12.1. The van der Waals surface area contributed by atoms with E-state index in [1.165, 1.54) is 18.2 Å². The van der Waals surface area contributed by atoms with Crippen LogP contribution in [0.5, 0.6) is 5.75 Å². The SMILES string of the molecule is O=C(Nc1ccc2c(c1)CC(C(=O)NCc1ccc(Cl)c(C(F)(F)F)c1)CO2)c1ccc(Cl)c(F)c1. The normalized spacial score (nSPS) is 15.0. The number of benzene rings is 3. The minimum absolute atomic E-state index is 0.0824. The van der Waals surface area contributed by atoms with Gasteiger partial charge in [-0.3, -0.25) is 9.59 Å². The molecule has 1 heterocycles. The number of hydrogen-bond donors (Lipinski definition) is 2. The van der Waals surface area contributed by atoms with Crippen molar-refractivity contribution in [1.82, 2.24) is 5.32 Å². The lowest BCUT2D eigenvalue weighted by atomic mass is 9.95. The minimum Gasteiger partial charge on any atom is -0.492 e. The van der Waals surface area contributed by atoms with E-state index >= 15 is 0 Å². The fourth-order valence-corrected chi connectivity index (χ4v) is 4.06. The molecule has 0 spiro atoms. The molecular formula is C25H18Cl2F4N2O3. The summed E-state index contributed by atoms with van der Waals surface area (Å²) in [5.41, 5.74) is 0.438. The van der Waals surface area contributed by atoms with E-state index in [0.29, 0.717) is 17.0 Å². The van der Waals surface area contributed by atoms with E-state index < -0.39 is 40.3 Å². The molecule has 4 rings (SSSR count). The number of amides is 2. The molecule has 3 aromatic rings. The van der Waals surface area contributed by atoms with Crippen LogP contribution in [0.4, 0.5) is 23.2 Å². The van der Waals surface area contributed by atoms with Crippen LogP contribution < -0.4 is 15.4 Å². The van der Waals surface area contributed by atoms with Crippen LogP contribution in [0.1, 0.15) is 27.0 Å². The zero-order valence-electron chi connectivity index (χ0n) is 18.4. The van der Waals surface area contributed by atoms with Crippen LogP contribution in [0.25, 0.3) is 0 Å². The van der Waals surface area contributed by atoms with E-state index in [-0.39, 0.29) is 35.7 Å². The molecule has 0 aliphatic carbocycles. The van der Waals surface area contributed by atoms with E-state index in [2.05, 4.69) is 10.6 Å². The fourth-order valence-electron chi connectivity index (χ4n) is 3.71. The van der Waals surface area contributed by atoms with E-state index in [9.17, 15) is 27.2 Å². The van der Waals surface area contributed by atoms with Crippen LogP contribution in [-0.4, -0.2) is 18.4 Å². The van der Waals surface area contributed by atoms with Crippen molar-refractivity contribution in [2.75, 3.05) is 11.9 Å². The van der Waals surface area contributed by atoms with Gasteiger partial charge >= 0.3 is 6.18 Å². The second-order valence-corrected chi connectivity index (χ2v) is 8.96. The zero-order chi connectivity index (χ0) is 26.0. The molecule has 0 radical (unpaired) electrons. The Morgan fingerprint density at radius 1 is 1.00 bits per heavy atom. The van der Waals surface area contributed by atoms with E-state index in [0.717, 1.165) is 18.2 Å². The third-order valence-electron chi connectivity index (χ3n) is 5.58. The Hall–Kier alpha value is -3.30. The van der Waals surface area contributed by atoms with Crippen molar-refractivity contribution in [2.45, 2.75) is 19.1 Å². The fraction of sp³-hybridized carbons (Fsp3) is 0.200. The van der Waals surface area contributed by atoms with Gasteiger partial charge in [0.25, 0.3) is 5.91 Å². The molecule has 2 amide bonds. The van der Waals surface area contributed by atoms with Crippen LogP contribution in [-0.2, 0) is 23.9 Å². The topological polar surface area (TPSA) is 67.4 Å².